The first-order valence-electron chi connectivity index (χ1n) is 10.1. The molecule has 32 heavy (non-hydrogen) atoms. The number of hydrogen-bond acceptors (Lipinski definition) is 6. The van der Waals surface area contributed by atoms with Gasteiger partial charge in [0.25, 0.3) is 5.91 Å². The summed E-state index contributed by atoms with van der Waals surface area (Å²) in [4.78, 5) is 27.6. The second kappa shape index (κ2) is 9.21. The number of benzene rings is 2. The van der Waals surface area contributed by atoms with Crippen molar-refractivity contribution >= 4 is 23.2 Å². The van der Waals surface area contributed by atoms with Crippen LogP contribution in [0.4, 0.5) is 11.4 Å². The lowest BCUT2D eigenvalue weighted by molar-refractivity contribution is -0.127. The molecule has 0 aromatic heterocycles. The van der Waals surface area contributed by atoms with Crippen molar-refractivity contribution in [3.63, 3.8) is 0 Å². The van der Waals surface area contributed by atoms with Crippen LogP contribution in [0.3, 0.4) is 0 Å². The van der Waals surface area contributed by atoms with Gasteiger partial charge in [-0.25, -0.2) is 0 Å². The van der Waals surface area contributed by atoms with Gasteiger partial charge in [0.2, 0.25) is 11.7 Å². The SMILES string of the molecule is C=CCN1C(=O)C(C)(C)COc2cc(NC(=O)c3ccc(OC)c(OC)c3OC)ccc21. The van der Waals surface area contributed by atoms with Gasteiger partial charge in [0.1, 0.15) is 12.4 Å². The summed E-state index contributed by atoms with van der Waals surface area (Å²) in [6.07, 6.45) is 1.67. The van der Waals surface area contributed by atoms with Crippen molar-refractivity contribution in [1.82, 2.24) is 0 Å². The van der Waals surface area contributed by atoms with Crippen LogP contribution in [0.5, 0.6) is 23.0 Å². The molecule has 3 rings (SSSR count). The molecule has 0 radical (unpaired) electrons. The van der Waals surface area contributed by atoms with E-state index in [0.717, 1.165) is 0 Å². The number of hydrogen-bond donors (Lipinski definition) is 1. The number of rotatable bonds is 7. The van der Waals surface area contributed by atoms with E-state index in [9.17, 15) is 9.59 Å². The van der Waals surface area contributed by atoms with Crippen LogP contribution < -0.4 is 29.2 Å². The summed E-state index contributed by atoms with van der Waals surface area (Å²) in [5.41, 5.74) is 0.724. The van der Waals surface area contributed by atoms with E-state index in [0.29, 0.717) is 35.2 Å². The third kappa shape index (κ3) is 4.21. The average molecular weight is 440 g/mol. The standard InChI is InChI=1S/C24H28N2O6/c1-7-12-26-17-10-8-15(13-19(17)32-14-24(2,3)23(26)28)25-22(27)16-9-11-18(29-4)21(31-6)20(16)30-5/h7-11,13H,1,12,14H2,2-6H3,(H,25,27). The van der Waals surface area contributed by atoms with E-state index < -0.39 is 11.3 Å². The highest BCUT2D eigenvalue weighted by atomic mass is 16.5. The number of fused-ring (bicyclic) bond motifs is 1. The topological polar surface area (TPSA) is 86.3 Å². The van der Waals surface area contributed by atoms with Gasteiger partial charge in [0.05, 0.1) is 38.0 Å². The fraction of sp³-hybridized carbons (Fsp3) is 0.333. The average Bonchev–Trinajstić information content (AvgIpc) is 2.88. The molecule has 1 aliphatic heterocycles. The maximum Gasteiger partial charge on any atom is 0.259 e. The highest BCUT2D eigenvalue weighted by Crippen LogP contribution is 2.41. The van der Waals surface area contributed by atoms with Crippen molar-refractivity contribution in [1.29, 1.82) is 0 Å². The number of ether oxygens (including phenoxy) is 4. The Morgan fingerprint density at radius 2 is 1.88 bits per heavy atom. The van der Waals surface area contributed by atoms with Gasteiger partial charge in [-0.1, -0.05) is 6.08 Å². The smallest absolute Gasteiger partial charge is 0.259 e. The minimum absolute atomic E-state index is 0.0528. The number of anilines is 2. The van der Waals surface area contributed by atoms with E-state index in [1.165, 1.54) is 21.3 Å². The normalized spacial score (nSPS) is 14.5. The second-order valence-electron chi connectivity index (χ2n) is 7.90. The number of nitrogens with zero attached hydrogens (tertiary/aromatic N) is 1. The maximum absolute atomic E-state index is 13.0. The molecule has 0 saturated heterocycles. The Kier molecular flexibility index (Phi) is 6.62. The van der Waals surface area contributed by atoms with Gasteiger partial charge in [-0.15, -0.1) is 6.58 Å². The summed E-state index contributed by atoms with van der Waals surface area (Å²) in [7, 11) is 4.44. The minimum atomic E-state index is -0.696. The Hall–Kier alpha value is -3.68. The van der Waals surface area contributed by atoms with E-state index in [-0.39, 0.29) is 23.8 Å². The van der Waals surface area contributed by atoms with Crippen molar-refractivity contribution in [2.24, 2.45) is 5.41 Å². The van der Waals surface area contributed by atoms with E-state index >= 15 is 0 Å². The van der Waals surface area contributed by atoms with Crippen molar-refractivity contribution in [3.05, 3.63) is 48.6 Å². The molecule has 1 N–H and O–H groups in total. The number of amides is 2. The van der Waals surface area contributed by atoms with E-state index in [2.05, 4.69) is 11.9 Å². The first kappa shape index (κ1) is 23.0. The van der Waals surface area contributed by atoms with Crippen molar-refractivity contribution in [2.45, 2.75) is 13.8 Å². The van der Waals surface area contributed by atoms with Crippen LogP contribution >= 0.6 is 0 Å². The van der Waals surface area contributed by atoms with Gasteiger partial charge in [0, 0.05) is 18.3 Å². The quantitative estimate of drug-likeness (QED) is 0.657. The first-order valence-corrected chi connectivity index (χ1v) is 10.1. The molecule has 8 heteroatoms. The van der Waals surface area contributed by atoms with Crippen LogP contribution in [0, 0.1) is 5.41 Å². The molecule has 1 aliphatic rings. The number of carbonyl (C=O) groups is 2. The van der Waals surface area contributed by atoms with Crippen molar-refractivity contribution < 1.29 is 28.5 Å². The van der Waals surface area contributed by atoms with Gasteiger partial charge in [-0.2, -0.15) is 0 Å². The Balaban J connectivity index is 1.94. The van der Waals surface area contributed by atoms with Crippen LogP contribution in [-0.2, 0) is 4.79 Å². The van der Waals surface area contributed by atoms with E-state index in [1.54, 1.807) is 41.3 Å². The zero-order chi connectivity index (χ0) is 23.5. The molecule has 2 amide bonds. The lowest BCUT2D eigenvalue weighted by atomic mass is 9.93. The summed E-state index contributed by atoms with van der Waals surface area (Å²) in [5, 5.41) is 2.85. The predicted molar refractivity (Wildman–Crippen MR) is 122 cm³/mol. The predicted octanol–water partition coefficient (Wildman–Crippen LogP) is 3.90. The van der Waals surface area contributed by atoms with Crippen LogP contribution in [0.25, 0.3) is 0 Å². The van der Waals surface area contributed by atoms with Gasteiger partial charge in [-0.3, -0.25) is 9.59 Å². The summed E-state index contributed by atoms with van der Waals surface area (Å²) < 4.78 is 22.0. The molecule has 170 valence electrons. The molecule has 0 spiro atoms. The maximum atomic E-state index is 13.0. The van der Waals surface area contributed by atoms with Gasteiger partial charge in [-0.05, 0) is 38.1 Å². The zero-order valence-corrected chi connectivity index (χ0v) is 19.0. The van der Waals surface area contributed by atoms with Crippen molar-refractivity contribution in [3.8, 4) is 23.0 Å². The van der Waals surface area contributed by atoms with Gasteiger partial charge in [0.15, 0.2) is 11.5 Å². The summed E-state index contributed by atoms with van der Waals surface area (Å²) in [6, 6.07) is 8.40. The monoisotopic (exact) mass is 440 g/mol. The summed E-state index contributed by atoms with van der Waals surface area (Å²) >= 11 is 0. The van der Waals surface area contributed by atoms with Crippen LogP contribution in [0.15, 0.2) is 43.0 Å². The fourth-order valence-corrected chi connectivity index (χ4v) is 3.51. The minimum Gasteiger partial charge on any atom is -0.493 e. The lowest BCUT2D eigenvalue weighted by Crippen LogP contribution is -2.42. The highest BCUT2D eigenvalue weighted by molar-refractivity contribution is 6.07. The van der Waals surface area contributed by atoms with Crippen LogP contribution in [0.1, 0.15) is 24.2 Å². The van der Waals surface area contributed by atoms with E-state index in [4.69, 9.17) is 18.9 Å². The summed E-state index contributed by atoms with van der Waals surface area (Å²) in [5.74, 6) is 1.10. The molecule has 0 atom stereocenters. The molecule has 0 aliphatic carbocycles. The number of nitrogens with one attached hydrogen (secondary N) is 1. The third-order valence-electron chi connectivity index (χ3n) is 5.18. The Labute approximate surface area is 187 Å². The molecular weight excluding hydrogens is 412 g/mol. The second-order valence-corrected chi connectivity index (χ2v) is 7.90. The number of methoxy groups -OCH3 is 3. The third-order valence-corrected chi connectivity index (χ3v) is 5.18. The molecule has 0 bridgehead atoms. The molecule has 0 saturated carbocycles. The molecule has 0 fully saturated rings. The molecule has 1 heterocycles. The molecule has 2 aromatic rings. The number of carbonyl (C=O) groups excluding carboxylic acids is 2. The van der Waals surface area contributed by atoms with Crippen LogP contribution in [0.2, 0.25) is 0 Å². The van der Waals surface area contributed by atoms with E-state index in [1.807, 2.05) is 13.8 Å². The summed E-state index contributed by atoms with van der Waals surface area (Å²) in [6.45, 7) is 7.99. The molecular formula is C24H28N2O6. The molecule has 2 aromatic carbocycles. The first-order chi connectivity index (χ1) is 15.3. The molecule has 0 unspecified atom stereocenters. The zero-order valence-electron chi connectivity index (χ0n) is 19.0. The lowest BCUT2D eigenvalue weighted by Gasteiger charge is -2.27. The Bertz CT molecular complexity index is 1050. The fourth-order valence-electron chi connectivity index (χ4n) is 3.51. The Morgan fingerprint density at radius 3 is 2.50 bits per heavy atom. The van der Waals surface area contributed by atoms with Crippen LogP contribution in [-0.4, -0.2) is 46.3 Å². The van der Waals surface area contributed by atoms with Crippen molar-refractivity contribution in [2.75, 3.05) is 44.7 Å². The largest absolute Gasteiger partial charge is 0.493 e. The Morgan fingerprint density at radius 1 is 1.16 bits per heavy atom. The molecule has 8 nitrogen and oxygen atoms in total. The highest BCUT2D eigenvalue weighted by Gasteiger charge is 2.37. The van der Waals surface area contributed by atoms with Gasteiger partial charge >= 0.3 is 0 Å². The van der Waals surface area contributed by atoms with Gasteiger partial charge < -0.3 is 29.2 Å².